The van der Waals surface area contributed by atoms with Crippen LogP contribution in [0.25, 0.3) is 0 Å². The first-order valence-corrected chi connectivity index (χ1v) is 10.4. The van der Waals surface area contributed by atoms with Crippen LogP contribution in [0.5, 0.6) is 11.5 Å². The minimum Gasteiger partial charge on any atom is -0.495 e. The van der Waals surface area contributed by atoms with Gasteiger partial charge in [0.2, 0.25) is 0 Å². The highest BCUT2D eigenvalue weighted by molar-refractivity contribution is 6.32. The van der Waals surface area contributed by atoms with Crippen LogP contribution >= 0.6 is 11.6 Å². The number of benzene rings is 3. The summed E-state index contributed by atoms with van der Waals surface area (Å²) in [5.41, 5.74) is 3.86. The van der Waals surface area contributed by atoms with Crippen molar-refractivity contribution in [1.82, 2.24) is 0 Å². The predicted molar refractivity (Wildman–Crippen MR) is 127 cm³/mol. The van der Waals surface area contributed by atoms with Crippen molar-refractivity contribution in [3.63, 3.8) is 0 Å². The lowest BCUT2D eigenvalue weighted by Crippen LogP contribution is -2.30. The molecule has 0 aliphatic carbocycles. The lowest BCUT2D eigenvalue weighted by atomic mass is 10.1. The van der Waals surface area contributed by atoms with Crippen LogP contribution < -0.4 is 20.1 Å². The average Bonchev–Trinajstić information content (AvgIpc) is 2.76. The first-order chi connectivity index (χ1) is 15.3. The van der Waals surface area contributed by atoms with Gasteiger partial charge in [0, 0.05) is 16.9 Å². The molecule has 1 atom stereocenters. The van der Waals surface area contributed by atoms with Crippen LogP contribution in [0.4, 0.5) is 11.4 Å². The van der Waals surface area contributed by atoms with E-state index in [9.17, 15) is 9.59 Å². The predicted octanol–water partition coefficient (Wildman–Crippen LogP) is 5.62. The van der Waals surface area contributed by atoms with Gasteiger partial charge in [-0.2, -0.15) is 0 Å². The van der Waals surface area contributed by atoms with Gasteiger partial charge in [-0.3, -0.25) is 9.59 Å². The third-order valence-corrected chi connectivity index (χ3v) is 5.14. The molecule has 0 aromatic heterocycles. The van der Waals surface area contributed by atoms with Gasteiger partial charge in [0.1, 0.15) is 11.5 Å². The summed E-state index contributed by atoms with van der Waals surface area (Å²) in [4.78, 5) is 25.0. The Bertz CT molecular complexity index is 1130. The number of hydrogen-bond donors (Lipinski definition) is 2. The van der Waals surface area contributed by atoms with Crippen molar-refractivity contribution in [1.29, 1.82) is 0 Å². The minimum absolute atomic E-state index is 0.254. The number of aryl methyl sites for hydroxylation is 2. The number of carbonyl (C=O) groups excluding carboxylic acids is 2. The van der Waals surface area contributed by atoms with Gasteiger partial charge in [0.25, 0.3) is 11.8 Å². The molecule has 0 fully saturated rings. The number of nitrogens with one attached hydrogen (secondary N) is 2. The van der Waals surface area contributed by atoms with E-state index in [1.165, 1.54) is 7.11 Å². The SMILES string of the molecule is COc1ccc(NC(=O)c2ccc(OC(C)C(=O)Nc3ccc(C)cc3C)cc2)cc1Cl. The Morgan fingerprint density at radius 1 is 0.938 bits per heavy atom. The van der Waals surface area contributed by atoms with Crippen LogP contribution in [0.3, 0.4) is 0 Å². The highest BCUT2D eigenvalue weighted by Gasteiger charge is 2.16. The van der Waals surface area contributed by atoms with Crippen LogP contribution in [-0.4, -0.2) is 25.0 Å². The molecule has 3 rings (SSSR count). The normalized spacial score (nSPS) is 11.4. The highest BCUT2D eigenvalue weighted by Crippen LogP contribution is 2.27. The van der Waals surface area contributed by atoms with Gasteiger partial charge in [0.15, 0.2) is 6.10 Å². The molecular weight excluding hydrogens is 428 g/mol. The smallest absolute Gasteiger partial charge is 0.265 e. The van der Waals surface area contributed by atoms with Crippen LogP contribution in [0.15, 0.2) is 60.7 Å². The molecule has 0 saturated heterocycles. The third-order valence-electron chi connectivity index (χ3n) is 4.85. The third kappa shape index (κ3) is 5.80. The van der Waals surface area contributed by atoms with Crippen LogP contribution in [0, 0.1) is 13.8 Å². The number of amides is 2. The van der Waals surface area contributed by atoms with E-state index < -0.39 is 6.10 Å². The second-order valence-electron chi connectivity index (χ2n) is 7.40. The zero-order valence-corrected chi connectivity index (χ0v) is 19.1. The maximum absolute atomic E-state index is 12.5. The highest BCUT2D eigenvalue weighted by atomic mass is 35.5. The summed E-state index contributed by atoms with van der Waals surface area (Å²) in [6.07, 6.45) is -0.711. The quantitative estimate of drug-likeness (QED) is 0.487. The summed E-state index contributed by atoms with van der Waals surface area (Å²) < 4.78 is 10.8. The maximum atomic E-state index is 12.5. The van der Waals surface area contributed by atoms with Crippen molar-refractivity contribution in [2.24, 2.45) is 0 Å². The van der Waals surface area contributed by atoms with E-state index >= 15 is 0 Å². The Labute approximate surface area is 192 Å². The fraction of sp³-hybridized carbons (Fsp3) is 0.200. The molecular formula is C25H25ClN2O4. The van der Waals surface area contributed by atoms with Crippen molar-refractivity contribution in [2.75, 3.05) is 17.7 Å². The molecule has 2 N–H and O–H groups in total. The standard InChI is InChI=1S/C25H25ClN2O4/c1-15-5-11-22(16(2)13-15)28-24(29)17(3)32-20-9-6-18(7-10-20)25(30)27-19-8-12-23(31-4)21(26)14-19/h5-14,17H,1-4H3,(H,27,30)(H,28,29). The Balaban J connectivity index is 1.59. The molecule has 3 aromatic rings. The van der Waals surface area contributed by atoms with Crippen molar-refractivity contribution in [3.8, 4) is 11.5 Å². The van der Waals surface area contributed by atoms with Crippen molar-refractivity contribution in [3.05, 3.63) is 82.4 Å². The second kappa shape index (κ2) is 10.2. The van der Waals surface area contributed by atoms with E-state index in [1.54, 1.807) is 49.4 Å². The molecule has 0 aliphatic heterocycles. The summed E-state index contributed by atoms with van der Waals surface area (Å²) >= 11 is 6.09. The van der Waals surface area contributed by atoms with Gasteiger partial charge in [-0.15, -0.1) is 0 Å². The van der Waals surface area contributed by atoms with Gasteiger partial charge < -0.3 is 20.1 Å². The molecule has 0 spiro atoms. The number of ether oxygens (including phenoxy) is 2. The van der Waals surface area contributed by atoms with Crippen LogP contribution in [0.1, 0.15) is 28.4 Å². The monoisotopic (exact) mass is 452 g/mol. The van der Waals surface area contributed by atoms with Crippen molar-refractivity contribution in [2.45, 2.75) is 26.9 Å². The molecule has 0 aliphatic rings. The van der Waals surface area contributed by atoms with E-state index in [0.29, 0.717) is 27.8 Å². The first-order valence-electron chi connectivity index (χ1n) is 10.1. The lowest BCUT2D eigenvalue weighted by molar-refractivity contribution is -0.122. The number of carbonyl (C=O) groups is 2. The Hall–Kier alpha value is -3.51. The van der Waals surface area contributed by atoms with E-state index in [0.717, 1.165) is 16.8 Å². The Kier molecular flexibility index (Phi) is 7.38. The summed E-state index contributed by atoms with van der Waals surface area (Å²) in [5, 5.41) is 6.07. The number of hydrogen-bond acceptors (Lipinski definition) is 4. The van der Waals surface area contributed by atoms with E-state index in [4.69, 9.17) is 21.1 Å². The molecule has 0 radical (unpaired) electrons. The van der Waals surface area contributed by atoms with Crippen molar-refractivity contribution >= 4 is 34.8 Å². The van der Waals surface area contributed by atoms with Crippen molar-refractivity contribution < 1.29 is 19.1 Å². The molecule has 0 bridgehead atoms. The molecule has 166 valence electrons. The van der Waals surface area contributed by atoms with Crippen LogP contribution in [-0.2, 0) is 4.79 Å². The molecule has 1 unspecified atom stereocenters. The van der Waals surface area contributed by atoms with Gasteiger partial charge in [-0.25, -0.2) is 0 Å². The van der Waals surface area contributed by atoms with E-state index in [2.05, 4.69) is 10.6 Å². The Morgan fingerprint density at radius 3 is 2.28 bits per heavy atom. The summed E-state index contributed by atoms with van der Waals surface area (Å²) in [7, 11) is 1.52. The summed E-state index contributed by atoms with van der Waals surface area (Å²) in [5.74, 6) is 0.466. The molecule has 7 heteroatoms. The lowest BCUT2D eigenvalue weighted by Gasteiger charge is -2.16. The van der Waals surface area contributed by atoms with Gasteiger partial charge >= 0.3 is 0 Å². The number of anilines is 2. The molecule has 0 saturated carbocycles. The molecule has 0 heterocycles. The zero-order chi connectivity index (χ0) is 23.3. The van der Waals surface area contributed by atoms with E-state index in [1.807, 2.05) is 32.0 Å². The van der Waals surface area contributed by atoms with Gasteiger partial charge in [-0.1, -0.05) is 29.3 Å². The molecule has 2 amide bonds. The number of methoxy groups -OCH3 is 1. The Morgan fingerprint density at radius 2 is 1.66 bits per heavy atom. The number of rotatable bonds is 7. The van der Waals surface area contributed by atoms with Gasteiger partial charge in [0.05, 0.1) is 12.1 Å². The largest absolute Gasteiger partial charge is 0.495 e. The zero-order valence-electron chi connectivity index (χ0n) is 18.4. The first kappa shape index (κ1) is 23.2. The summed E-state index contributed by atoms with van der Waals surface area (Å²) in [6, 6.07) is 17.4. The minimum atomic E-state index is -0.711. The van der Waals surface area contributed by atoms with Gasteiger partial charge in [-0.05, 0) is 74.9 Å². The average molecular weight is 453 g/mol. The fourth-order valence-electron chi connectivity index (χ4n) is 3.08. The van der Waals surface area contributed by atoms with Crippen LogP contribution in [0.2, 0.25) is 5.02 Å². The molecule has 3 aromatic carbocycles. The maximum Gasteiger partial charge on any atom is 0.265 e. The molecule has 6 nitrogen and oxygen atoms in total. The molecule has 32 heavy (non-hydrogen) atoms. The topological polar surface area (TPSA) is 76.7 Å². The van der Waals surface area contributed by atoms with E-state index in [-0.39, 0.29) is 11.8 Å². The number of halogens is 1. The second-order valence-corrected chi connectivity index (χ2v) is 7.80. The fourth-order valence-corrected chi connectivity index (χ4v) is 3.34. The summed E-state index contributed by atoms with van der Waals surface area (Å²) in [6.45, 7) is 5.62.